The highest BCUT2D eigenvalue weighted by Gasteiger charge is 2.29. The highest BCUT2D eigenvalue weighted by atomic mass is 32.2. The van der Waals surface area contributed by atoms with E-state index in [4.69, 9.17) is 5.73 Å². The third-order valence-electron chi connectivity index (χ3n) is 2.40. The lowest BCUT2D eigenvalue weighted by atomic mass is 10.4. The molecule has 0 unspecified atom stereocenters. The molecule has 0 saturated carbocycles. The van der Waals surface area contributed by atoms with Gasteiger partial charge in [0.1, 0.15) is 10.7 Å². The Morgan fingerprint density at radius 1 is 1.41 bits per heavy atom. The van der Waals surface area contributed by atoms with Crippen LogP contribution in [0.2, 0.25) is 0 Å². The number of nitrogens with two attached hydrogens (primary N) is 1. The molecule has 2 rings (SSSR count). The molecule has 2 heterocycles. The van der Waals surface area contributed by atoms with Gasteiger partial charge in [-0.1, -0.05) is 0 Å². The molecule has 17 heavy (non-hydrogen) atoms. The summed E-state index contributed by atoms with van der Waals surface area (Å²) in [6, 6.07) is 2.79. The van der Waals surface area contributed by atoms with E-state index < -0.39 is 10.0 Å². The number of carbonyl (C=O) groups excluding carboxylic acids is 1. The number of nitrogen functional groups attached to an aromatic ring is 1. The van der Waals surface area contributed by atoms with Gasteiger partial charge < -0.3 is 11.1 Å². The molecule has 3 N–H and O–H groups in total. The van der Waals surface area contributed by atoms with Crippen LogP contribution in [0.5, 0.6) is 0 Å². The predicted octanol–water partition coefficient (Wildman–Crippen LogP) is -1.22. The summed E-state index contributed by atoms with van der Waals surface area (Å²) in [5, 5.41) is 2.56. The highest BCUT2D eigenvalue weighted by Crippen LogP contribution is 2.15. The Morgan fingerprint density at radius 2 is 2.18 bits per heavy atom. The second kappa shape index (κ2) is 4.30. The molecular weight excluding hydrogens is 244 g/mol. The zero-order chi connectivity index (χ0) is 12.5. The van der Waals surface area contributed by atoms with E-state index in [1.165, 1.54) is 18.3 Å². The molecule has 1 saturated heterocycles. The van der Waals surface area contributed by atoms with Crippen LogP contribution >= 0.6 is 0 Å². The van der Waals surface area contributed by atoms with Crippen molar-refractivity contribution < 1.29 is 13.2 Å². The van der Waals surface area contributed by atoms with Crippen molar-refractivity contribution in [2.75, 3.05) is 25.4 Å². The standard InChI is InChI=1S/C9H12N4O3S/c10-8-2-1-7(5-12-8)17(15,16)13-4-3-11-9(14)6-13/h1-2,5H,3-4,6H2,(H2,10,12)(H,11,14). The fraction of sp³-hybridized carbons (Fsp3) is 0.333. The minimum Gasteiger partial charge on any atom is -0.384 e. The number of amides is 1. The van der Waals surface area contributed by atoms with Gasteiger partial charge in [-0.2, -0.15) is 4.31 Å². The van der Waals surface area contributed by atoms with Gasteiger partial charge in [0.15, 0.2) is 0 Å². The third kappa shape index (κ3) is 2.37. The Labute approximate surface area is 98.7 Å². The van der Waals surface area contributed by atoms with Gasteiger partial charge in [0.2, 0.25) is 15.9 Å². The second-order valence-corrected chi connectivity index (χ2v) is 5.55. The third-order valence-corrected chi connectivity index (χ3v) is 4.23. The molecule has 8 heteroatoms. The summed E-state index contributed by atoms with van der Waals surface area (Å²) in [6.07, 6.45) is 1.19. The Kier molecular flexibility index (Phi) is 2.99. The van der Waals surface area contributed by atoms with Crippen molar-refractivity contribution in [2.45, 2.75) is 4.90 Å². The maximum absolute atomic E-state index is 12.1. The lowest BCUT2D eigenvalue weighted by Gasteiger charge is -2.25. The first-order valence-corrected chi connectivity index (χ1v) is 6.42. The van der Waals surface area contributed by atoms with Crippen LogP contribution < -0.4 is 11.1 Å². The van der Waals surface area contributed by atoms with Crippen LogP contribution in [-0.2, 0) is 14.8 Å². The number of rotatable bonds is 2. The molecule has 7 nitrogen and oxygen atoms in total. The number of hydrogen-bond donors (Lipinski definition) is 2. The maximum Gasteiger partial charge on any atom is 0.245 e. The molecule has 0 spiro atoms. The van der Waals surface area contributed by atoms with Crippen molar-refractivity contribution >= 4 is 21.7 Å². The van der Waals surface area contributed by atoms with Gasteiger partial charge in [0, 0.05) is 19.3 Å². The maximum atomic E-state index is 12.1. The molecule has 1 amide bonds. The SMILES string of the molecule is Nc1ccc(S(=O)(=O)N2CCNC(=O)C2)cn1. The number of pyridine rings is 1. The van der Waals surface area contributed by atoms with Gasteiger partial charge in [-0.05, 0) is 12.1 Å². The van der Waals surface area contributed by atoms with Gasteiger partial charge >= 0.3 is 0 Å². The van der Waals surface area contributed by atoms with E-state index in [0.717, 1.165) is 4.31 Å². The Bertz CT molecular complexity index is 526. The van der Waals surface area contributed by atoms with Crippen molar-refractivity contribution in [3.8, 4) is 0 Å². The Balaban J connectivity index is 2.29. The summed E-state index contributed by atoms with van der Waals surface area (Å²) in [7, 11) is -3.66. The summed E-state index contributed by atoms with van der Waals surface area (Å²) < 4.78 is 25.3. The van der Waals surface area contributed by atoms with Gasteiger partial charge in [0.25, 0.3) is 0 Å². The van der Waals surface area contributed by atoms with Crippen molar-refractivity contribution in [2.24, 2.45) is 0 Å². The molecule has 0 aromatic carbocycles. The molecule has 1 aliphatic rings. The highest BCUT2D eigenvalue weighted by molar-refractivity contribution is 7.89. The van der Waals surface area contributed by atoms with E-state index in [1.54, 1.807) is 0 Å². The normalized spacial score (nSPS) is 17.8. The average Bonchev–Trinajstić information content (AvgIpc) is 2.29. The van der Waals surface area contributed by atoms with E-state index in [-0.39, 0.29) is 29.7 Å². The largest absolute Gasteiger partial charge is 0.384 e. The predicted molar refractivity (Wildman–Crippen MR) is 60.4 cm³/mol. The van der Waals surface area contributed by atoms with E-state index >= 15 is 0 Å². The number of nitrogens with one attached hydrogen (secondary N) is 1. The Morgan fingerprint density at radius 3 is 2.76 bits per heavy atom. The molecule has 0 atom stereocenters. The number of carbonyl (C=O) groups is 1. The van der Waals surface area contributed by atoms with Gasteiger partial charge in [-0.3, -0.25) is 4.79 Å². The molecule has 0 radical (unpaired) electrons. The van der Waals surface area contributed by atoms with Crippen LogP contribution in [0.3, 0.4) is 0 Å². The lowest BCUT2D eigenvalue weighted by molar-refractivity contribution is -0.122. The van der Waals surface area contributed by atoms with Crippen molar-refractivity contribution in [3.63, 3.8) is 0 Å². The zero-order valence-corrected chi connectivity index (χ0v) is 9.77. The summed E-state index contributed by atoms with van der Waals surface area (Å²) in [4.78, 5) is 14.9. The minimum absolute atomic E-state index is 0.0430. The van der Waals surface area contributed by atoms with Crippen molar-refractivity contribution in [3.05, 3.63) is 18.3 Å². The number of aromatic nitrogens is 1. The first-order valence-electron chi connectivity index (χ1n) is 4.98. The van der Waals surface area contributed by atoms with E-state index in [9.17, 15) is 13.2 Å². The van der Waals surface area contributed by atoms with Crippen LogP contribution in [0.25, 0.3) is 0 Å². The fourth-order valence-electron chi connectivity index (χ4n) is 1.51. The van der Waals surface area contributed by atoms with Crippen LogP contribution in [-0.4, -0.2) is 43.2 Å². The van der Waals surface area contributed by atoms with Crippen LogP contribution in [0.1, 0.15) is 0 Å². The van der Waals surface area contributed by atoms with Crippen molar-refractivity contribution in [1.29, 1.82) is 0 Å². The van der Waals surface area contributed by atoms with Gasteiger partial charge in [-0.25, -0.2) is 13.4 Å². The number of anilines is 1. The van der Waals surface area contributed by atoms with E-state index in [0.29, 0.717) is 6.54 Å². The molecule has 1 aromatic heterocycles. The van der Waals surface area contributed by atoms with Crippen LogP contribution in [0.4, 0.5) is 5.82 Å². The molecule has 0 bridgehead atoms. The molecule has 1 fully saturated rings. The van der Waals surface area contributed by atoms with Gasteiger partial charge in [0.05, 0.1) is 6.54 Å². The van der Waals surface area contributed by atoms with Crippen molar-refractivity contribution in [1.82, 2.24) is 14.6 Å². The average molecular weight is 256 g/mol. The summed E-state index contributed by atoms with van der Waals surface area (Å²) in [5.41, 5.74) is 5.39. The van der Waals surface area contributed by atoms with Crippen LogP contribution in [0, 0.1) is 0 Å². The first-order chi connectivity index (χ1) is 8.00. The number of piperazine rings is 1. The number of nitrogens with zero attached hydrogens (tertiary/aromatic N) is 2. The number of sulfonamides is 1. The minimum atomic E-state index is -3.66. The lowest BCUT2D eigenvalue weighted by Crippen LogP contribution is -2.49. The Hall–Kier alpha value is -1.67. The molecular formula is C9H12N4O3S. The molecule has 1 aromatic rings. The summed E-state index contributed by atoms with van der Waals surface area (Å²) in [6.45, 7) is 0.422. The first kappa shape index (κ1) is 11.8. The van der Waals surface area contributed by atoms with E-state index in [2.05, 4.69) is 10.3 Å². The second-order valence-electron chi connectivity index (χ2n) is 3.61. The van der Waals surface area contributed by atoms with Gasteiger partial charge in [-0.15, -0.1) is 0 Å². The molecule has 0 aliphatic carbocycles. The summed E-state index contributed by atoms with van der Waals surface area (Å²) >= 11 is 0. The fourth-order valence-corrected chi connectivity index (χ4v) is 2.86. The zero-order valence-electron chi connectivity index (χ0n) is 8.96. The topological polar surface area (TPSA) is 105 Å². The van der Waals surface area contributed by atoms with E-state index in [1.807, 2.05) is 0 Å². The number of hydrogen-bond acceptors (Lipinski definition) is 5. The monoisotopic (exact) mass is 256 g/mol. The van der Waals surface area contributed by atoms with Crippen LogP contribution in [0.15, 0.2) is 23.2 Å². The summed E-state index contributed by atoms with van der Waals surface area (Å²) in [5.74, 6) is -0.0523. The molecule has 92 valence electrons. The smallest absolute Gasteiger partial charge is 0.245 e. The quantitative estimate of drug-likeness (QED) is 0.690. The molecule has 1 aliphatic heterocycles.